The summed E-state index contributed by atoms with van der Waals surface area (Å²) in [5.41, 5.74) is 2.03. The highest BCUT2D eigenvalue weighted by Gasteiger charge is 2.08. The van der Waals surface area contributed by atoms with Crippen LogP contribution in [0.3, 0.4) is 0 Å². The molecule has 7 heteroatoms. The molecule has 2 aromatic carbocycles. The van der Waals surface area contributed by atoms with Crippen molar-refractivity contribution in [3.8, 4) is 17.4 Å². The van der Waals surface area contributed by atoms with Crippen LogP contribution in [0.2, 0.25) is 10.0 Å². The van der Waals surface area contributed by atoms with Crippen LogP contribution in [-0.4, -0.2) is 24.7 Å². The molecule has 1 aromatic heterocycles. The third-order valence-corrected chi connectivity index (χ3v) is 4.92. The standard InChI is InChI=1S/C23H24Cl2N2O3/c1-2-28-22-14-17(15-26-11-12-29-23-5-3-4-10-27-23)7-9-21(22)30-16-18-6-8-19(24)20(25)13-18/h3-10,13-14,26H,2,11-12,15-16H2,1H3. The third-order valence-electron chi connectivity index (χ3n) is 4.18. The fraction of sp³-hybridized carbons (Fsp3) is 0.261. The maximum absolute atomic E-state index is 6.07. The highest BCUT2D eigenvalue weighted by Crippen LogP contribution is 2.30. The lowest BCUT2D eigenvalue weighted by atomic mass is 10.2. The van der Waals surface area contributed by atoms with Crippen molar-refractivity contribution in [3.63, 3.8) is 0 Å². The summed E-state index contributed by atoms with van der Waals surface area (Å²) >= 11 is 12.0. The largest absolute Gasteiger partial charge is 0.490 e. The number of hydrogen-bond donors (Lipinski definition) is 1. The minimum Gasteiger partial charge on any atom is -0.490 e. The Morgan fingerprint density at radius 2 is 1.73 bits per heavy atom. The molecule has 0 bridgehead atoms. The molecule has 0 unspecified atom stereocenters. The monoisotopic (exact) mass is 446 g/mol. The Kier molecular flexibility index (Phi) is 8.63. The van der Waals surface area contributed by atoms with Crippen LogP contribution >= 0.6 is 23.2 Å². The molecule has 0 aliphatic carbocycles. The zero-order valence-corrected chi connectivity index (χ0v) is 18.2. The fourth-order valence-corrected chi connectivity index (χ4v) is 3.05. The van der Waals surface area contributed by atoms with Gasteiger partial charge in [-0.15, -0.1) is 0 Å². The maximum Gasteiger partial charge on any atom is 0.213 e. The number of aromatic nitrogens is 1. The molecule has 0 amide bonds. The molecule has 1 heterocycles. The van der Waals surface area contributed by atoms with E-state index in [0.29, 0.717) is 60.3 Å². The number of pyridine rings is 1. The van der Waals surface area contributed by atoms with Crippen molar-refractivity contribution in [2.45, 2.75) is 20.1 Å². The second-order valence-corrected chi connectivity index (χ2v) is 7.26. The SMILES string of the molecule is CCOc1cc(CNCCOc2ccccn2)ccc1OCc1ccc(Cl)c(Cl)c1. The van der Waals surface area contributed by atoms with E-state index < -0.39 is 0 Å². The quantitative estimate of drug-likeness (QED) is 0.392. The molecule has 0 saturated heterocycles. The number of rotatable bonds is 11. The Morgan fingerprint density at radius 1 is 0.867 bits per heavy atom. The number of nitrogens with zero attached hydrogens (tertiary/aromatic N) is 1. The second-order valence-electron chi connectivity index (χ2n) is 6.44. The lowest BCUT2D eigenvalue weighted by Gasteiger charge is -2.14. The topological polar surface area (TPSA) is 52.6 Å². The first-order chi connectivity index (χ1) is 14.7. The molecule has 0 aliphatic rings. The molecule has 0 radical (unpaired) electrons. The molecule has 5 nitrogen and oxygen atoms in total. The summed E-state index contributed by atoms with van der Waals surface area (Å²) < 4.78 is 17.3. The minimum absolute atomic E-state index is 0.374. The molecule has 3 aromatic rings. The van der Waals surface area contributed by atoms with Crippen LogP contribution in [0.25, 0.3) is 0 Å². The lowest BCUT2D eigenvalue weighted by molar-refractivity contribution is 0.269. The van der Waals surface area contributed by atoms with Crippen molar-refractivity contribution < 1.29 is 14.2 Å². The average Bonchev–Trinajstić information content (AvgIpc) is 2.76. The van der Waals surface area contributed by atoms with E-state index in [0.717, 1.165) is 11.1 Å². The van der Waals surface area contributed by atoms with E-state index in [9.17, 15) is 0 Å². The van der Waals surface area contributed by atoms with E-state index in [-0.39, 0.29) is 0 Å². The summed E-state index contributed by atoms with van der Waals surface area (Å²) in [7, 11) is 0. The first-order valence-electron chi connectivity index (χ1n) is 9.72. The zero-order valence-electron chi connectivity index (χ0n) is 16.7. The van der Waals surface area contributed by atoms with Gasteiger partial charge in [0.1, 0.15) is 13.2 Å². The van der Waals surface area contributed by atoms with Gasteiger partial charge < -0.3 is 19.5 Å². The van der Waals surface area contributed by atoms with E-state index >= 15 is 0 Å². The molecule has 1 N–H and O–H groups in total. The summed E-state index contributed by atoms with van der Waals surface area (Å²) in [6, 6.07) is 17.0. The normalized spacial score (nSPS) is 10.6. The molecule has 3 rings (SSSR count). The Bertz CT molecular complexity index is 939. The van der Waals surface area contributed by atoms with Crippen molar-refractivity contribution in [2.75, 3.05) is 19.8 Å². The van der Waals surface area contributed by atoms with Gasteiger partial charge in [-0.25, -0.2) is 4.98 Å². The summed E-state index contributed by atoms with van der Waals surface area (Å²) in [5, 5.41) is 4.39. The molecule has 0 atom stereocenters. The minimum atomic E-state index is 0.374. The number of benzene rings is 2. The lowest BCUT2D eigenvalue weighted by Crippen LogP contribution is -2.20. The van der Waals surface area contributed by atoms with Gasteiger partial charge >= 0.3 is 0 Å². The maximum atomic E-state index is 6.07. The Balaban J connectivity index is 1.51. The van der Waals surface area contributed by atoms with Gasteiger partial charge in [0.15, 0.2) is 11.5 Å². The van der Waals surface area contributed by atoms with Gasteiger partial charge in [-0.1, -0.05) is 41.4 Å². The smallest absolute Gasteiger partial charge is 0.213 e. The highest BCUT2D eigenvalue weighted by molar-refractivity contribution is 6.42. The number of halogens is 2. The van der Waals surface area contributed by atoms with Crippen molar-refractivity contribution in [1.29, 1.82) is 0 Å². The number of ether oxygens (including phenoxy) is 3. The van der Waals surface area contributed by atoms with Gasteiger partial charge in [-0.05, 0) is 48.4 Å². The number of hydrogen-bond acceptors (Lipinski definition) is 5. The molecule has 0 saturated carbocycles. The number of nitrogens with one attached hydrogen (secondary N) is 1. The fourth-order valence-electron chi connectivity index (χ4n) is 2.73. The van der Waals surface area contributed by atoms with Crippen molar-refractivity contribution in [2.24, 2.45) is 0 Å². The third kappa shape index (κ3) is 6.80. The van der Waals surface area contributed by atoms with Gasteiger partial charge in [0.2, 0.25) is 5.88 Å². The predicted octanol–water partition coefficient (Wildman–Crippen LogP) is 5.53. The highest BCUT2D eigenvalue weighted by atomic mass is 35.5. The summed E-state index contributed by atoms with van der Waals surface area (Å²) in [6.45, 7) is 4.81. The molecule has 0 fully saturated rings. The Morgan fingerprint density at radius 3 is 2.50 bits per heavy atom. The van der Waals surface area contributed by atoms with Crippen LogP contribution in [0.15, 0.2) is 60.8 Å². The van der Waals surface area contributed by atoms with Gasteiger partial charge in [0.05, 0.1) is 16.7 Å². The van der Waals surface area contributed by atoms with E-state index in [1.165, 1.54) is 0 Å². The Hall–Kier alpha value is -2.47. The van der Waals surface area contributed by atoms with Crippen LogP contribution < -0.4 is 19.5 Å². The van der Waals surface area contributed by atoms with E-state index in [2.05, 4.69) is 10.3 Å². The van der Waals surface area contributed by atoms with Crippen molar-refractivity contribution in [3.05, 3.63) is 82.0 Å². The first kappa shape index (κ1) is 22.2. The van der Waals surface area contributed by atoms with Crippen LogP contribution in [0.5, 0.6) is 17.4 Å². The van der Waals surface area contributed by atoms with Crippen LogP contribution in [0, 0.1) is 0 Å². The molecule has 0 spiro atoms. The van der Waals surface area contributed by atoms with Gasteiger partial charge in [-0.2, -0.15) is 0 Å². The van der Waals surface area contributed by atoms with E-state index in [1.54, 1.807) is 18.3 Å². The van der Waals surface area contributed by atoms with Crippen LogP contribution in [0.1, 0.15) is 18.1 Å². The Labute approximate surface area is 186 Å². The van der Waals surface area contributed by atoms with E-state index in [1.807, 2.05) is 49.4 Å². The summed E-state index contributed by atoms with van der Waals surface area (Å²) in [6.07, 6.45) is 1.71. The molecule has 30 heavy (non-hydrogen) atoms. The van der Waals surface area contributed by atoms with Gasteiger partial charge in [0, 0.05) is 25.4 Å². The van der Waals surface area contributed by atoms with Crippen molar-refractivity contribution in [1.82, 2.24) is 10.3 Å². The predicted molar refractivity (Wildman–Crippen MR) is 120 cm³/mol. The van der Waals surface area contributed by atoms with Crippen LogP contribution in [-0.2, 0) is 13.2 Å². The van der Waals surface area contributed by atoms with Gasteiger partial charge in [0.25, 0.3) is 0 Å². The molecule has 158 valence electrons. The summed E-state index contributed by atoms with van der Waals surface area (Å²) in [4.78, 5) is 4.13. The zero-order chi connectivity index (χ0) is 21.2. The van der Waals surface area contributed by atoms with E-state index in [4.69, 9.17) is 37.4 Å². The molecular formula is C23H24Cl2N2O3. The second kappa shape index (κ2) is 11.6. The average molecular weight is 447 g/mol. The summed E-state index contributed by atoms with van der Waals surface area (Å²) in [5.74, 6) is 2.02. The van der Waals surface area contributed by atoms with Gasteiger partial charge in [-0.3, -0.25) is 0 Å². The molecular weight excluding hydrogens is 423 g/mol. The first-order valence-corrected chi connectivity index (χ1v) is 10.5. The van der Waals surface area contributed by atoms with Crippen LogP contribution in [0.4, 0.5) is 0 Å². The van der Waals surface area contributed by atoms with Crippen molar-refractivity contribution >= 4 is 23.2 Å². The molecule has 0 aliphatic heterocycles.